The molecule has 18 heavy (non-hydrogen) atoms. The van der Waals surface area contributed by atoms with Crippen LogP contribution in [0.15, 0.2) is 17.3 Å². The number of nitrogens with one attached hydrogen (secondary N) is 1. The fourth-order valence-electron chi connectivity index (χ4n) is 1.74. The van der Waals surface area contributed by atoms with Crippen LogP contribution in [-0.2, 0) is 21.4 Å². The monoisotopic (exact) mass is 274 g/mol. The standard InChI is InChI=1S/C9H14N4O4S/c14-9(15)7-12-6-8(5-11-12)18(16,17)13-3-1-10-2-4-13/h5-6,10H,1-4,7H2,(H,14,15). The Morgan fingerprint density at radius 2 is 2.11 bits per heavy atom. The summed E-state index contributed by atoms with van der Waals surface area (Å²) in [6.45, 7) is 1.70. The lowest BCUT2D eigenvalue weighted by Crippen LogP contribution is -2.46. The Morgan fingerprint density at radius 3 is 2.72 bits per heavy atom. The third-order valence-corrected chi connectivity index (χ3v) is 4.47. The summed E-state index contributed by atoms with van der Waals surface area (Å²) in [7, 11) is -3.56. The van der Waals surface area contributed by atoms with Gasteiger partial charge in [-0.15, -0.1) is 0 Å². The number of aromatic nitrogens is 2. The van der Waals surface area contributed by atoms with Crippen LogP contribution >= 0.6 is 0 Å². The molecule has 1 aromatic rings. The van der Waals surface area contributed by atoms with Gasteiger partial charge in [-0.3, -0.25) is 9.48 Å². The van der Waals surface area contributed by atoms with Crippen LogP contribution in [0.25, 0.3) is 0 Å². The molecule has 2 rings (SSSR count). The van der Waals surface area contributed by atoms with E-state index in [0.29, 0.717) is 26.2 Å². The van der Waals surface area contributed by atoms with Gasteiger partial charge in [0.25, 0.3) is 0 Å². The highest BCUT2D eigenvalue weighted by atomic mass is 32.2. The second-order valence-electron chi connectivity index (χ2n) is 3.92. The molecule has 8 nitrogen and oxygen atoms in total. The SMILES string of the molecule is O=C(O)Cn1cc(S(=O)(=O)N2CCNCC2)cn1. The number of hydrogen-bond donors (Lipinski definition) is 2. The van der Waals surface area contributed by atoms with E-state index in [1.165, 1.54) is 16.7 Å². The minimum Gasteiger partial charge on any atom is -0.480 e. The summed E-state index contributed by atoms with van der Waals surface area (Å²) in [5, 5.41) is 15.4. The van der Waals surface area contributed by atoms with Gasteiger partial charge < -0.3 is 10.4 Å². The second-order valence-corrected chi connectivity index (χ2v) is 5.86. The Balaban J connectivity index is 2.18. The third-order valence-electron chi connectivity index (χ3n) is 2.62. The maximum absolute atomic E-state index is 12.2. The highest BCUT2D eigenvalue weighted by Gasteiger charge is 2.27. The molecule has 0 amide bonds. The predicted molar refractivity (Wildman–Crippen MR) is 61.5 cm³/mol. The number of carboxylic acids is 1. The maximum atomic E-state index is 12.2. The third kappa shape index (κ3) is 2.68. The molecule has 9 heteroatoms. The Morgan fingerprint density at radius 1 is 1.44 bits per heavy atom. The van der Waals surface area contributed by atoms with Crippen LogP contribution in [0.4, 0.5) is 0 Å². The smallest absolute Gasteiger partial charge is 0.325 e. The van der Waals surface area contributed by atoms with E-state index < -0.39 is 16.0 Å². The van der Waals surface area contributed by atoms with Gasteiger partial charge in [-0.1, -0.05) is 0 Å². The van der Waals surface area contributed by atoms with Crippen LogP contribution in [0.5, 0.6) is 0 Å². The van der Waals surface area contributed by atoms with Crippen molar-refractivity contribution in [3.05, 3.63) is 12.4 Å². The molecule has 0 aliphatic carbocycles. The first-order valence-corrected chi connectivity index (χ1v) is 6.89. The lowest BCUT2D eigenvalue weighted by Gasteiger charge is -2.25. The number of hydrogen-bond acceptors (Lipinski definition) is 5. The highest BCUT2D eigenvalue weighted by Crippen LogP contribution is 2.15. The molecule has 0 radical (unpaired) electrons. The molecule has 100 valence electrons. The average Bonchev–Trinajstić information content (AvgIpc) is 2.78. The molecule has 0 atom stereocenters. The van der Waals surface area contributed by atoms with Gasteiger partial charge >= 0.3 is 5.97 Å². The zero-order valence-corrected chi connectivity index (χ0v) is 10.4. The van der Waals surface area contributed by atoms with E-state index in [9.17, 15) is 13.2 Å². The molecule has 1 aliphatic rings. The first-order valence-electron chi connectivity index (χ1n) is 5.45. The summed E-state index contributed by atoms with van der Waals surface area (Å²) < 4.78 is 26.8. The predicted octanol–water partition coefficient (Wildman–Crippen LogP) is -1.44. The number of carboxylic acid groups (broad SMARTS) is 1. The van der Waals surface area contributed by atoms with Gasteiger partial charge in [-0.25, -0.2) is 8.42 Å². The molecule has 2 heterocycles. The molecule has 1 saturated heterocycles. The number of sulfonamides is 1. The van der Waals surface area contributed by atoms with Crippen molar-refractivity contribution in [1.29, 1.82) is 0 Å². The first-order chi connectivity index (χ1) is 8.50. The average molecular weight is 274 g/mol. The molecule has 0 spiro atoms. The van der Waals surface area contributed by atoms with Gasteiger partial charge in [-0.05, 0) is 0 Å². The number of piperazine rings is 1. The Bertz CT molecular complexity index is 533. The van der Waals surface area contributed by atoms with Crippen LogP contribution in [0.1, 0.15) is 0 Å². The van der Waals surface area contributed by atoms with Gasteiger partial charge in [0.15, 0.2) is 0 Å². The van der Waals surface area contributed by atoms with Crippen molar-refractivity contribution in [2.24, 2.45) is 0 Å². The van der Waals surface area contributed by atoms with E-state index in [0.717, 1.165) is 4.68 Å². The summed E-state index contributed by atoms with van der Waals surface area (Å²) in [5.41, 5.74) is 0. The lowest BCUT2D eigenvalue weighted by molar-refractivity contribution is -0.137. The molecule has 0 bridgehead atoms. The molecule has 1 fully saturated rings. The summed E-state index contributed by atoms with van der Waals surface area (Å²) in [6, 6.07) is 0. The van der Waals surface area contributed by atoms with Crippen molar-refractivity contribution in [3.63, 3.8) is 0 Å². The zero-order chi connectivity index (χ0) is 13.2. The molecule has 1 aliphatic heterocycles. The van der Waals surface area contributed by atoms with Crippen molar-refractivity contribution in [2.45, 2.75) is 11.4 Å². The van der Waals surface area contributed by atoms with Crippen molar-refractivity contribution >= 4 is 16.0 Å². The van der Waals surface area contributed by atoms with Crippen molar-refractivity contribution in [1.82, 2.24) is 19.4 Å². The fraction of sp³-hybridized carbons (Fsp3) is 0.556. The minimum atomic E-state index is -3.56. The summed E-state index contributed by atoms with van der Waals surface area (Å²) in [5.74, 6) is -1.07. The van der Waals surface area contributed by atoms with Crippen molar-refractivity contribution in [3.8, 4) is 0 Å². The summed E-state index contributed by atoms with van der Waals surface area (Å²) in [6.07, 6.45) is 2.42. The van der Waals surface area contributed by atoms with E-state index in [4.69, 9.17) is 5.11 Å². The van der Waals surface area contributed by atoms with E-state index in [1.807, 2.05) is 0 Å². The summed E-state index contributed by atoms with van der Waals surface area (Å²) in [4.78, 5) is 10.5. The van der Waals surface area contributed by atoms with Gasteiger partial charge in [0.1, 0.15) is 11.4 Å². The minimum absolute atomic E-state index is 0.0330. The summed E-state index contributed by atoms with van der Waals surface area (Å²) >= 11 is 0. The number of rotatable bonds is 4. The van der Waals surface area contributed by atoms with Gasteiger partial charge in [-0.2, -0.15) is 9.40 Å². The van der Waals surface area contributed by atoms with E-state index in [1.54, 1.807) is 0 Å². The lowest BCUT2D eigenvalue weighted by atomic mass is 10.4. The quantitative estimate of drug-likeness (QED) is 0.697. The molecule has 0 unspecified atom stereocenters. The Kier molecular flexibility index (Phi) is 3.64. The van der Waals surface area contributed by atoms with Crippen LogP contribution in [0.3, 0.4) is 0 Å². The van der Waals surface area contributed by atoms with Crippen LogP contribution in [0.2, 0.25) is 0 Å². The van der Waals surface area contributed by atoms with Crippen LogP contribution in [-0.4, -0.2) is 59.8 Å². The molecule has 0 aromatic carbocycles. The second kappa shape index (κ2) is 5.04. The van der Waals surface area contributed by atoms with E-state index >= 15 is 0 Å². The number of carbonyl (C=O) groups is 1. The van der Waals surface area contributed by atoms with Crippen molar-refractivity contribution in [2.75, 3.05) is 26.2 Å². The van der Waals surface area contributed by atoms with Gasteiger partial charge in [0.05, 0.1) is 6.20 Å². The maximum Gasteiger partial charge on any atom is 0.325 e. The molecular formula is C9H14N4O4S. The largest absolute Gasteiger partial charge is 0.480 e. The zero-order valence-electron chi connectivity index (χ0n) is 9.61. The normalized spacial score (nSPS) is 17.8. The molecule has 2 N–H and O–H groups in total. The topological polar surface area (TPSA) is 105 Å². The number of nitrogens with zero attached hydrogens (tertiary/aromatic N) is 3. The first kappa shape index (κ1) is 13.0. The fourth-order valence-corrected chi connectivity index (χ4v) is 3.13. The van der Waals surface area contributed by atoms with E-state index in [-0.39, 0.29) is 11.4 Å². The Hall–Kier alpha value is -1.45. The van der Waals surface area contributed by atoms with Gasteiger partial charge in [0.2, 0.25) is 10.0 Å². The molecule has 0 saturated carbocycles. The highest BCUT2D eigenvalue weighted by molar-refractivity contribution is 7.89. The molecule has 1 aromatic heterocycles. The van der Waals surface area contributed by atoms with E-state index in [2.05, 4.69) is 10.4 Å². The molecular weight excluding hydrogens is 260 g/mol. The number of aliphatic carboxylic acids is 1. The van der Waals surface area contributed by atoms with Crippen LogP contribution < -0.4 is 5.32 Å². The Labute approximate surface area is 104 Å². The van der Waals surface area contributed by atoms with Crippen molar-refractivity contribution < 1.29 is 18.3 Å². The van der Waals surface area contributed by atoms with Gasteiger partial charge in [0, 0.05) is 32.4 Å². The van der Waals surface area contributed by atoms with Crippen LogP contribution in [0, 0.1) is 0 Å².